The number of nitrogens with zero attached hydrogens (tertiary/aromatic N) is 1. The summed E-state index contributed by atoms with van der Waals surface area (Å²) in [5.41, 5.74) is 2.66. The molecular formula is C21H17NO2SY-2. The summed E-state index contributed by atoms with van der Waals surface area (Å²) in [4.78, 5) is 0.254. The molecule has 1 heterocycles. The molecule has 0 N–H and O–H groups in total. The van der Waals surface area contributed by atoms with Crippen LogP contribution in [0.5, 0.6) is 0 Å². The summed E-state index contributed by atoms with van der Waals surface area (Å²) in [5, 5.41) is 0.864. The maximum atomic E-state index is 12.9. The van der Waals surface area contributed by atoms with E-state index in [2.05, 4.69) is 6.20 Å². The van der Waals surface area contributed by atoms with Crippen LogP contribution in [-0.2, 0) is 42.7 Å². The summed E-state index contributed by atoms with van der Waals surface area (Å²) in [6.45, 7) is 0. The van der Waals surface area contributed by atoms with Crippen LogP contribution >= 0.6 is 0 Å². The van der Waals surface area contributed by atoms with E-state index >= 15 is 0 Å². The Kier molecular flexibility index (Phi) is 6.56. The number of hydrogen-bond acceptors (Lipinski definition) is 2. The molecule has 3 nitrogen and oxygen atoms in total. The molecule has 3 aromatic carbocycles. The van der Waals surface area contributed by atoms with E-state index in [9.17, 15) is 8.42 Å². The van der Waals surface area contributed by atoms with Gasteiger partial charge in [-0.05, 0) is 17.7 Å². The van der Waals surface area contributed by atoms with Crippen LogP contribution in [0.3, 0.4) is 0 Å². The molecule has 129 valence electrons. The van der Waals surface area contributed by atoms with Crippen molar-refractivity contribution >= 4 is 20.9 Å². The average Bonchev–Trinajstić information content (AvgIpc) is 3.08. The molecular weight excluding hydrogens is 419 g/mol. The molecule has 0 fully saturated rings. The molecule has 5 heteroatoms. The molecule has 0 atom stereocenters. The van der Waals surface area contributed by atoms with Crippen LogP contribution in [0.25, 0.3) is 22.0 Å². The van der Waals surface area contributed by atoms with Crippen molar-refractivity contribution in [3.63, 3.8) is 0 Å². The monoisotopic (exact) mass is 436 g/mol. The van der Waals surface area contributed by atoms with Crippen LogP contribution < -0.4 is 0 Å². The second-order valence-electron chi connectivity index (χ2n) is 5.46. The van der Waals surface area contributed by atoms with E-state index in [4.69, 9.17) is 0 Å². The normalized spacial score (nSPS) is 10.8. The Balaban J connectivity index is 0.00000121. The third-order valence-corrected chi connectivity index (χ3v) is 5.64. The van der Waals surface area contributed by atoms with Gasteiger partial charge in [0.1, 0.15) is 0 Å². The minimum absolute atomic E-state index is 0. The van der Waals surface area contributed by atoms with E-state index < -0.39 is 10.0 Å². The standard InChI is InChI=1S/C20H14NO2S.CH3.Y/c22-24(23,17-10-5-2-6-11-17)21-15-14-19-18(12-7-13-20(19)21)16-8-3-1-4-9-16;;/h1-14H;1H3;/q2*-1;. The van der Waals surface area contributed by atoms with Gasteiger partial charge in [0.2, 0.25) is 10.0 Å². The second kappa shape index (κ2) is 8.30. The first kappa shape index (κ1) is 20.6. The van der Waals surface area contributed by atoms with Crippen LogP contribution in [-0.4, -0.2) is 12.4 Å². The fourth-order valence-electron chi connectivity index (χ4n) is 2.84. The Labute approximate surface area is 179 Å². The summed E-state index contributed by atoms with van der Waals surface area (Å²) in [5.74, 6) is 0. The second-order valence-corrected chi connectivity index (χ2v) is 7.25. The van der Waals surface area contributed by atoms with Crippen molar-refractivity contribution in [2.45, 2.75) is 4.90 Å². The van der Waals surface area contributed by atoms with Gasteiger partial charge in [0.15, 0.2) is 0 Å². The Morgan fingerprint density at radius 3 is 2.04 bits per heavy atom. The van der Waals surface area contributed by atoms with Crippen molar-refractivity contribution in [1.29, 1.82) is 0 Å². The Morgan fingerprint density at radius 2 is 1.38 bits per heavy atom. The van der Waals surface area contributed by atoms with Gasteiger partial charge < -0.3 is 11.4 Å². The fraction of sp³-hybridized carbons (Fsp3) is 0. The van der Waals surface area contributed by atoms with E-state index in [0.29, 0.717) is 5.52 Å². The Hall–Kier alpha value is -1.75. The van der Waals surface area contributed by atoms with Gasteiger partial charge >= 0.3 is 0 Å². The van der Waals surface area contributed by atoms with E-state index in [-0.39, 0.29) is 45.0 Å². The molecule has 26 heavy (non-hydrogen) atoms. The molecule has 0 aliphatic rings. The largest absolute Gasteiger partial charge is 0.360 e. The summed E-state index contributed by atoms with van der Waals surface area (Å²) in [6.07, 6.45) is 2.89. The van der Waals surface area contributed by atoms with Crippen molar-refractivity contribution in [3.8, 4) is 11.1 Å². The van der Waals surface area contributed by atoms with Gasteiger partial charge in [-0.2, -0.15) is 6.07 Å². The van der Waals surface area contributed by atoms with E-state index in [1.807, 2.05) is 42.5 Å². The number of benzene rings is 3. The molecule has 0 saturated heterocycles. The topological polar surface area (TPSA) is 39.1 Å². The van der Waals surface area contributed by atoms with Crippen LogP contribution in [0.15, 0.2) is 89.8 Å². The van der Waals surface area contributed by atoms with Crippen molar-refractivity contribution < 1.29 is 41.1 Å². The summed E-state index contributed by atoms with van der Waals surface area (Å²) >= 11 is 0. The number of fused-ring (bicyclic) bond motifs is 1. The van der Waals surface area contributed by atoms with Crippen LogP contribution in [0.1, 0.15) is 0 Å². The SMILES string of the molecule is O=S(=O)(c1ccccc1)n1[c-]cc2c(-c3ccccc3)cccc21.[CH3-].[Y]. The smallest absolute Gasteiger partial charge is 0.246 e. The van der Waals surface area contributed by atoms with E-state index in [1.165, 1.54) is 3.97 Å². The average molecular weight is 436 g/mol. The predicted molar refractivity (Wildman–Crippen MR) is 102 cm³/mol. The number of aromatic nitrogens is 1. The zero-order valence-corrected chi connectivity index (χ0v) is 18.0. The third kappa shape index (κ3) is 3.54. The molecule has 4 rings (SSSR count). The van der Waals surface area contributed by atoms with Gasteiger partial charge in [-0.3, -0.25) is 0 Å². The molecule has 0 unspecified atom stereocenters. The van der Waals surface area contributed by atoms with Crippen LogP contribution in [0.4, 0.5) is 0 Å². The van der Waals surface area contributed by atoms with Crippen molar-refractivity contribution in [2.24, 2.45) is 0 Å². The summed E-state index contributed by atoms with van der Waals surface area (Å²) < 4.78 is 27.0. The predicted octanol–water partition coefficient (Wildman–Crippen LogP) is 4.79. The van der Waals surface area contributed by atoms with Crippen molar-refractivity contribution in [3.05, 3.63) is 98.6 Å². The van der Waals surface area contributed by atoms with Gasteiger partial charge in [0.05, 0.1) is 4.90 Å². The maximum absolute atomic E-state index is 12.9. The van der Waals surface area contributed by atoms with Crippen LogP contribution in [0.2, 0.25) is 0 Å². The van der Waals surface area contributed by atoms with Gasteiger partial charge in [-0.1, -0.05) is 77.9 Å². The van der Waals surface area contributed by atoms with Crippen LogP contribution in [0, 0.1) is 13.6 Å². The fourth-order valence-corrected chi connectivity index (χ4v) is 4.16. The van der Waals surface area contributed by atoms with Gasteiger partial charge in [-0.15, -0.1) is 11.5 Å². The Morgan fingerprint density at radius 1 is 0.769 bits per heavy atom. The maximum Gasteiger partial charge on any atom is 0.246 e. The van der Waals surface area contributed by atoms with Crippen molar-refractivity contribution in [1.82, 2.24) is 3.97 Å². The quantitative estimate of drug-likeness (QED) is 0.433. The molecule has 0 aliphatic carbocycles. The first-order chi connectivity index (χ1) is 11.7. The molecule has 0 amide bonds. The first-order valence-electron chi connectivity index (χ1n) is 7.56. The third-order valence-electron chi connectivity index (χ3n) is 3.99. The zero-order valence-electron chi connectivity index (χ0n) is 14.3. The van der Waals surface area contributed by atoms with Crippen molar-refractivity contribution in [2.75, 3.05) is 0 Å². The minimum atomic E-state index is -3.66. The Bertz CT molecular complexity index is 1100. The van der Waals surface area contributed by atoms with E-state index in [1.54, 1.807) is 42.5 Å². The molecule has 4 aromatic rings. The van der Waals surface area contributed by atoms with E-state index in [0.717, 1.165) is 16.5 Å². The van der Waals surface area contributed by atoms with Gasteiger partial charge in [0.25, 0.3) is 0 Å². The minimum Gasteiger partial charge on any atom is -0.360 e. The number of rotatable bonds is 3. The summed E-state index contributed by atoms with van der Waals surface area (Å²) in [7, 11) is -3.66. The zero-order chi connectivity index (χ0) is 16.6. The molecule has 0 spiro atoms. The molecule has 1 aromatic heterocycles. The molecule has 0 aliphatic heterocycles. The molecule has 0 saturated carbocycles. The first-order valence-corrected chi connectivity index (χ1v) is 9.00. The van der Waals surface area contributed by atoms with Gasteiger partial charge in [-0.25, -0.2) is 8.42 Å². The summed E-state index contributed by atoms with van der Waals surface area (Å²) in [6, 6.07) is 25.7. The number of hydrogen-bond donors (Lipinski definition) is 0. The van der Waals surface area contributed by atoms with Gasteiger partial charge in [0, 0.05) is 32.7 Å². The molecule has 1 radical (unpaired) electrons. The molecule has 0 bridgehead atoms.